The van der Waals surface area contributed by atoms with Gasteiger partial charge < -0.3 is 15.0 Å². The van der Waals surface area contributed by atoms with Gasteiger partial charge in [-0.15, -0.1) is 0 Å². The Bertz CT molecular complexity index is 1030. The lowest BCUT2D eigenvalue weighted by Crippen LogP contribution is -2.29. The minimum Gasteiger partial charge on any atom is -0.477 e. The molecule has 0 radical (unpaired) electrons. The van der Waals surface area contributed by atoms with Crippen molar-refractivity contribution in [1.29, 1.82) is 0 Å². The quantitative estimate of drug-likeness (QED) is 0.502. The molecule has 3 rings (SSSR count). The standard InChI is InChI=1S/C19H22N4O6S/c20-30(27,28)16-8-9-18(17(12-16)23(25)26)29-13-19(24)21-14-4-6-15(7-5-14)22-10-2-1-3-11-22/h4-9,12H,1-3,10-11,13H2,(H,21,24)(H2,20,27,28). The van der Waals surface area contributed by atoms with E-state index in [-0.39, 0.29) is 5.75 Å². The van der Waals surface area contributed by atoms with Crippen LogP contribution in [-0.2, 0) is 14.8 Å². The van der Waals surface area contributed by atoms with E-state index in [1.807, 2.05) is 12.1 Å². The van der Waals surface area contributed by atoms with E-state index in [1.54, 1.807) is 12.1 Å². The van der Waals surface area contributed by atoms with Crippen LogP contribution >= 0.6 is 0 Å². The lowest BCUT2D eigenvalue weighted by atomic mass is 10.1. The summed E-state index contributed by atoms with van der Waals surface area (Å²) in [6.45, 7) is 1.55. The van der Waals surface area contributed by atoms with Crippen molar-refractivity contribution in [1.82, 2.24) is 0 Å². The van der Waals surface area contributed by atoms with E-state index < -0.39 is 38.0 Å². The molecule has 2 aromatic rings. The maximum absolute atomic E-state index is 12.1. The van der Waals surface area contributed by atoms with Crippen molar-refractivity contribution in [2.75, 3.05) is 29.9 Å². The van der Waals surface area contributed by atoms with E-state index >= 15 is 0 Å². The third kappa shape index (κ3) is 5.45. The number of rotatable bonds is 7. The van der Waals surface area contributed by atoms with Crippen LogP contribution in [-0.4, -0.2) is 38.9 Å². The third-order valence-corrected chi connectivity index (χ3v) is 5.60. The van der Waals surface area contributed by atoms with Gasteiger partial charge in [0.25, 0.3) is 5.91 Å². The average Bonchev–Trinajstić information content (AvgIpc) is 2.72. The van der Waals surface area contributed by atoms with Crippen LogP contribution in [0.15, 0.2) is 47.4 Å². The summed E-state index contributed by atoms with van der Waals surface area (Å²) in [4.78, 5) is 24.4. The number of nitro groups is 1. The van der Waals surface area contributed by atoms with Crippen LogP contribution in [0, 0.1) is 10.1 Å². The fraction of sp³-hybridized carbons (Fsp3) is 0.316. The van der Waals surface area contributed by atoms with Crippen LogP contribution in [0.25, 0.3) is 0 Å². The number of benzene rings is 2. The van der Waals surface area contributed by atoms with Gasteiger partial charge in [-0.25, -0.2) is 13.6 Å². The van der Waals surface area contributed by atoms with Gasteiger partial charge in [-0.05, 0) is 55.7 Å². The number of nitrogens with one attached hydrogen (secondary N) is 1. The predicted octanol–water partition coefficient (Wildman–Crippen LogP) is 2.25. The molecule has 11 heteroatoms. The Labute approximate surface area is 173 Å². The molecule has 3 N–H and O–H groups in total. The SMILES string of the molecule is NS(=O)(=O)c1ccc(OCC(=O)Nc2ccc(N3CCCCC3)cc2)c([N+](=O)[O-])c1. The van der Waals surface area contributed by atoms with Gasteiger partial charge in [0.15, 0.2) is 12.4 Å². The molecule has 2 aromatic carbocycles. The zero-order chi connectivity index (χ0) is 21.7. The molecule has 1 fully saturated rings. The molecule has 0 atom stereocenters. The molecule has 1 saturated heterocycles. The molecule has 1 heterocycles. The van der Waals surface area contributed by atoms with Gasteiger partial charge in [0.05, 0.1) is 9.82 Å². The first-order valence-corrected chi connectivity index (χ1v) is 10.9. The molecule has 1 aliphatic rings. The fourth-order valence-corrected chi connectivity index (χ4v) is 3.72. The average molecular weight is 434 g/mol. The number of hydrogen-bond donors (Lipinski definition) is 2. The molecule has 0 spiro atoms. The summed E-state index contributed by atoms with van der Waals surface area (Å²) < 4.78 is 27.9. The van der Waals surface area contributed by atoms with E-state index in [1.165, 1.54) is 19.3 Å². The van der Waals surface area contributed by atoms with Crippen molar-refractivity contribution in [2.24, 2.45) is 5.14 Å². The summed E-state index contributed by atoms with van der Waals surface area (Å²) in [5.74, 6) is -0.742. The molecule has 0 aliphatic carbocycles. The van der Waals surface area contributed by atoms with Crippen LogP contribution in [0.4, 0.5) is 17.1 Å². The number of piperidine rings is 1. The van der Waals surface area contributed by atoms with Crippen LogP contribution in [0.2, 0.25) is 0 Å². The number of nitro benzene ring substituents is 1. The molecule has 30 heavy (non-hydrogen) atoms. The van der Waals surface area contributed by atoms with Crippen molar-refractivity contribution in [2.45, 2.75) is 24.2 Å². The Balaban J connectivity index is 1.61. The first-order chi connectivity index (χ1) is 14.2. The molecule has 0 unspecified atom stereocenters. The number of nitrogens with two attached hydrogens (primary N) is 1. The Morgan fingerprint density at radius 1 is 1.13 bits per heavy atom. The summed E-state index contributed by atoms with van der Waals surface area (Å²) in [7, 11) is -4.10. The van der Waals surface area contributed by atoms with Gasteiger partial charge in [0.1, 0.15) is 0 Å². The summed E-state index contributed by atoms with van der Waals surface area (Å²) in [5.41, 5.74) is 1.07. The summed E-state index contributed by atoms with van der Waals surface area (Å²) in [6, 6.07) is 10.4. The Kier molecular flexibility index (Phi) is 6.53. The number of ether oxygens (including phenoxy) is 1. The first-order valence-electron chi connectivity index (χ1n) is 9.33. The molecule has 160 valence electrons. The van der Waals surface area contributed by atoms with Gasteiger partial charge in [-0.1, -0.05) is 0 Å². The number of primary sulfonamides is 1. The molecule has 1 amide bonds. The minimum absolute atomic E-state index is 0.233. The highest BCUT2D eigenvalue weighted by Gasteiger charge is 2.21. The van der Waals surface area contributed by atoms with Gasteiger partial charge >= 0.3 is 5.69 Å². The van der Waals surface area contributed by atoms with Gasteiger partial charge in [-0.2, -0.15) is 0 Å². The number of anilines is 2. The molecule has 10 nitrogen and oxygen atoms in total. The van der Waals surface area contributed by atoms with E-state index in [2.05, 4.69) is 10.2 Å². The second-order valence-corrected chi connectivity index (χ2v) is 8.42. The Morgan fingerprint density at radius 3 is 2.40 bits per heavy atom. The number of amides is 1. The molecule has 0 saturated carbocycles. The minimum atomic E-state index is -4.10. The molecule has 0 aromatic heterocycles. The highest BCUT2D eigenvalue weighted by atomic mass is 32.2. The molecular weight excluding hydrogens is 412 g/mol. The smallest absolute Gasteiger partial charge is 0.312 e. The maximum Gasteiger partial charge on any atom is 0.312 e. The van der Waals surface area contributed by atoms with Crippen LogP contribution in [0.3, 0.4) is 0 Å². The maximum atomic E-state index is 12.1. The van der Waals surface area contributed by atoms with E-state index in [4.69, 9.17) is 9.88 Å². The largest absolute Gasteiger partial charge is 0.477 e. The number of hydrogen-bond acceptors (Lipinski definition) is 7. The van der Waals surface area contributed by atoms with E-state index in [9.17, 15) is 23.3 Å². The highest BCUT2D eigenvalue weighted by molar-refractivity contribution is 7.89. The number of carbonyl (C=O) groups excluding carboxylic acids is 1. The second kappa shape index (κ2) is 9.09. The summed E-state index contributed by atoms with van der Waals surface area (Å²) in [6.07, 6.45) is 3.58. The third-order valence-electron chi connectivity index (χ3n) is 4.69. The van der Waals surface area contributed by atoms with E-state index in [0.717, 1.165) is 37.0 Å². The molecule has 1 aliphatic heterocycles. The topological polar surface area (TPSA) is 145 Å². The number of nitrogens with zero attached hydrogens (tertiary/aromatic N) is 2. The summed E-state index contributed by atoms with van der Waals surface area (Å²) >= 11 is 0. The van der Waals surface area contributed by atoms with Crippen LogP contribution < -0.4 is 20.1 Å². The molecule has 0 bridgehead atoms. The monoisotopic (exact) mass is 434 g/mol. The Morgan fingerprint density at radius 2 is 1.80 bits per heavy atom. The molecular formula is C19H22N4O6S. The van der Waals surface area contributed by atoms with Crippen molar-refractivity contribution in [3.63, 3.8) is 0 Å². The zero-order valence-electron chi connectivity index (χ0n) is 16.1. The summed E-state index contributed by atoms with van der Waals surface area (Å²) in [5, 5.41) is 18.8. The highest BCUT2D eigenvalue weighted by Crippen LogP contribution is 2.29. The van der Waals surface area contributed by atoms with E-state index in [0.29, 0.717) is 5.69 Å². The second-order valence-electron chi connectivity index (χ2n) is 6.86. The first kappa shape index (κ1) is 21.5. The van der Waals surface area contributed by atoms with Crippen LogP contribution in [0.5, 0.6) is 5.75 Å². The Hall–Kier alpha value is -3.18. The lowest BCUT2D eigenvalue weighted by molar-refractivity contribution is -0.386. The van der Waals surface area contributed by atoms with Crippen molar-refractivity contribution < 1.29 is 22.9 Å². The van der Waals surface area contributed by atoms with Crippen molar-refractivity contribution >= 4 is 33.0 Å². The lowest BCUT2D eigenvalue weighted by Gasteiger charge is -2.28. The fourth-order valence-electron chi connectivity index (χ4n) is 3.19. The number of carbonyl (C=O) groups is 1. The predicted molar refractivity (Wildman–Crippen MR) is 111 cm³/mol. The normalized spacial score (nSPS) is 14.2. The van der Waals surface area contributed by atoms with Gasteiger partial charge in [-0.3, -0.25) is 14.9 Å². The van der Waals surface area contributed by atoms with Crippen molar-refractivity contribution in [3.05, 3.63) is 52.6 Å². The zero-order valence-corrected chi connectivity index (χ0v) is 16.9. The van der Waals surface area contributed by atoms with Crippen molar-refractivity contribution in [3.8, 4) is 5.75 Å². The van der Waals surface area contributed by atoms with Crippen LogP contribution in [0.1, 0.15) is 19.3 Å². The number of sulfonamides is 1. The van der Waals surface area contributed by atoms with Gasteiger partial charge in [0, 0.05) is 30.5 Å². The van der Waals surface area contributed by atoms with Gasteiger partial charge in [0.2, 0.25) is 10.0 Å².